The minimum Gasteiger partial charge on any atom is -0.479 e. The van der Waals surface area contributed by atoms with Crippen molar-refractivity contribution in [3.63, 3.8) is 0 Å². The largest absolute Gasteiger partial charge is 0.479 e. The fourth-order valence-corrected chi connectivity index (χ4v) is 3.09. The molecule has 0 saturated carbocycles. The number of aromatic nitrogens is 1. The van der Waals surface area contributed by atoms with Crippen molar-refractivity contribution in [3.8, 4) is 0 Å². The van der Waals surface area contributed by atoms with Gasteiger partial charge in [-0.3, -0.25) is 4.98 Å². The number of pyridine rings is 1. The van der Waals surface area contributed by atoms with E-state index in [1.165, 1.54) is 14.2 Å². The lowest BCUT2D eigenvalue weighted by Crippen LogP contribution is -2.30. The third-order valence-corrected chi connectivity index (χ3v) is 4.36. The molecule has 140 valence electrons. The molecule has 1 aliphatic rings. The Bertz CT molecular complexity index is 900. The number of ether oxygens (including phenoxy) is 2. The van der Waals surface area contributed by atoms with E-state index in [9.17, 15) is 9.90 Å². The van der Waals surface area contributed by atoms with Gasteiger partial charge in [0, 0.05) is 18.1 Å². The Morgan fingerprint density at radius 2 is 1.81 bits per heavy atom. The lowest BCUT2D eigenvalue weighted by atomic mass is 9.96. The predicted octanol–water partition coefficient (Wildman–Crippen LogP) is 3.12. The number of methoxy groups -OCH3 is 2. The molecule has 7 heteroatoms. The maximum absolute atomic E-state index is 12.0. The maximum atomic E-state index is 12.0. The molecule has 0 radical (unpaired) electrons. The van der Waals surface area contributed by atoms with Gasteiger partial charge in [-0.15, -0.1) is 0 Å². The van der Waals surface area contributed by atoms with E-state index in [-0.39, 0.29) is 5.95 Å². The SMILES string of the molecule is COC(OC)=C1N[C@@H](C(=O)O)c2ccccc2C(C)=C1Nc1ccncc1. The number of fused-ring (bicyclic) bond motifs is 1. The summed E-state index contributed by atoms with van der Waals surface area (Å²) in [6, 6.07) is 10.1. The van der Waals surface area contributed by atoms with Crippen molar-refractivity contribution >= 4 is 17.2 Å². The fourth-order valence-electron chi connectivity index (χ4n) is 3.09. The smallest absolute Gasteiger partial charge is 0.330 e. The van der Waals surface area contributed by atoms with Crippen LogP contribution in [0.3, 0.4) is 0 Å². The van der Waals surface area contributed by atoms with Crippen molar-refractivity contribution in [3.05, 3.63) is 77.3 Å². The molecule has 0 amide bonds. The van der Waals surface area contributed by atoms with Crippen LogP contribution >= 0.6 is 0 Å². The van der Waals surface area contributed by atoms with Crippen LogP contribution in [0.25, 0.3) is 5.57 Å². The van der Waals surface area contributed by atoms with Crippen LogP contribution in [0, 0.1) is 0 Å². The Kier molecular flexibility index (Phi) is 5.30. The highest BCUT2D eigenvalue weighted by Gasteiger charge is 2.31. The van der Waals surface area contributed by atoms with Crippen molar-refractivity contribution in [2.75, 3.05) is 19.5 Å². The van der Waals surface area contributed by atoms with E-state index in [0.717, 1.165) is 16.8 Å². The quantitative estimate of drug-likeness (QED) is 0.699. The van der Waals surface area contributed by atoms with E-state index < -0.39 is 12.0 Å². The first-order chi connectivity index (χ1) is 13.1. The van der Waals surface area contributed by atoms with Crippen LogP contribution in [0.15, 0.2) is 66.1 Å². The number of benzene rings is 1. The average molecular weight is 367 g/mol. The van der Waals surface area contributed by atoms with E-state index in [2.05, 4.69) is 15.6 Å². The lowest BCUT2D eigenvalue weighted by Gasteiger charge is -2.21. The van der Waals surface area contributed by atoms with Gasteiger partial charge >= 0.3 is 11.9 Å². The molecule has 1 atom stereocenters. The molecule has 0 unspecified atom stereocenters. The van der Waals surface area contributed by atoms with Crippen molar-refractivity contribution in [1.29, 1.82) is 0 Å². The number of hydrogen-bond donors (Lipinski definition) is 3. The highest BCUT2D eigenvalue weighted by atomic mass is 16.7. The van der Waals surface area contributed by atoms with E-state index in [4.69, 9.17) is 9.47 Å². The number of nitrogens with zero attached hydrogens (tertiary/aromatic N) is 1. The van der Waals surface area contributed by atoms with E-state index in [1.54, 1.807) is 18.5 Å². The number of rotatable bonds is 5. The van der Waals surface area contributed by atoms with E-state index >= 15 is 0 Å². The predicted molar refractivity (Wildman–Crippen MR) is 101 cm³/mol. The molecule has 3 N–H and O–H groups in total. The van der Waals surface area contributed by atoms with Gasteiger partial charge < -0.3 is 25.2 Å². The van der Waals surface area contributed by atoms with Gasteiger partial charge in [0.05, 0.1) is 19.9 Å². The van der Waals surface area contributed by atoms with Crippen molar-refractivity contribution in [2.45, 2.75) is 13.0 Å². The van der Waals surface area contributed by atoms with Gasteiger partial charge in [-0.25, -0.2) is 4.79 Å². The second-order valence-electron chi connectivity index (χ2n) is 5.93. The Labute approximate surface area is 157 Å². The van der Waals surface area contributed by atoms with E-state index in [1.807, 2.05) is 37.3 Å². The molecule has 0 fully saturated rings. The highest BCUT2D eigenvalue weighted by molar-refractivity contribution is 5.84. The van der Waals surface area contributed by atoms with Crippen LogP contribution in [0.5, 0.6) is 0 Å². The number of carbonyl (C=O) groups is 1. The molecule has 7 nitrogen and oxygen atoms in total. The summed E-state index contributed by atoms with van der Waals surface area (Å²) in [6.07, 6.45) is 3.35. The minimum absolute atomic E-state index is 0.185. The van der Waals surface area contributed by atoms with Gasteiger partial charge in [0.2, 0.25) is 0 Å². The van der Waals surface area contributed by atoms with Crippen LogP contribution < -0.4 is 10.6 Å². The molecule has 27 heavy (non-hydrogen) atoms. The van der Waals surface area contributed by atoms with Gasteiger partial charge in [-0.2, -0.15) is 0 Å². The number of hydrogen-bond acceptors (Lipinski definition) is 6. The van der Waals surface area contributed by atoms with Crippen molar-refractivity contribution in [1.82, 2.24) is 10.3 Å². The number of nitrogens with one attached hydrogen (secondary N) is 2. The second-order valence-corrected chi connectivity index (χ2v) is 5.93. The third kappa shape index (κ3) is 3.57. The molecular formula is C20H21N3O4. The molecule has 1 aliphatic heterocycles. The summed E-state index contributed by atoms with van der Waals surface area (Å²) in [5, 5.41) is 16.2. The van der Waals surface area contributed by atoms with Crippen LogP contribution in [-0.2, 0) is 14.3 Å². The summed E-state index contributed by atoms with van der Waals surface area (Å²) < 4.78 is 10.7. The topological polar surface area (TPSA) is 92.7 Å². The Balaban J connectivity index is 2.24. The summed E-state index contributed by atoms with van der Waals surface area (Å²) in [7, 11) is 2.95. The maximum Gasteiger partial charge on any atom is 0.330 e. The number of anilines is 1. The van der Waals surface area contributed by atoms with Crippen molar-refractivity contribution in [2.24, 2.45) is 0 Å². The molecular weight excluding hydrogens is 346 g/mol. The van der Waals surface area contributed by atoms with Crippen LogP contribution in [0.2, 0.25) is 0 Å². The molecule has 2 heterocycles. The zero-order chi connectivity index (χ0) is 19.4. The Morgan fingerprint density at radius 1 is 1.15 bits per heavy atom. The molecule has 0 saturated heterocycles. The second kappa shape index (κ2) is 7.82. The summed E-state index contributed by atoms with van der Waals surface area (Å²) in [5.74, 6) is -0.811. The molecule has 1 aromatic carbocycles. The molecule has 0 bridgehead atoms. The van der Waals surface area contributed by atoms with Gasteiger partial charge in [0.1, 0.15) is 5.70 Å². The van der Waals surface area contributed by atoms with Crippen LogP contribution in [0.1, 0.15) is 24.1 Å². The monoisotopic (exact) mass is 367 g/mol. The first kappa shape index (κ1) is 18.3. The highest BCUT2D eigenvalue weighted by Crippen LogP contribution is 2.35. The number of aliphatic carboxylic acids is 1. The first-order valence-corrected chi connectivity index (χ1v) is 8.36. The molecule has 0 aliphatic carbocycles. The summed E-state index contributed by atoms with van der Waals surface area (Å²) in [4.78, 5) is 16.0. The number of allylic oxidation sites excluding steroid dienone is 1. The van der Waals surface area contributed by atoms with Gasteiger partial charge in [-0.1, -0.05) is 24.3 Å². The minimum atomic E-state index is -0.996. The molecule has 1 aromatic heterocycles. The van der Waals surface area contributed by atoms with Gasteiger partial charge in [0.15, 0.2) is 6.04 Å². The summed E-state index contributed by atoms with van der Waals surface area (Å²) >= 11 is 0. The average Bonchev–Trinajstić information content (AvgIpc) is 2.80. The standard InChI is InChI=1S/C20H21N3O4/c1-12-14-6-4-5-7-15(14)17(19(24)25)23-18(20(26-2)27-3)16(12)22-13-8-10-21-11-9-13/h4-11,17,23H,1-3H3,(H,21,22)(H,24,25)/t17-/m1/s1. The normalized spacial score (nSPS) is 16.0. The number of carboxylic acid groups (broad SMARTS) is 1. The summed E-state index contributed by atoms with van der Waals surface area (Å²) in [6.45, 7) is 1.93. The Morgan fingerprint density at radius 3 is 2.44 bits per heavy atom. The summed E-state index contributed by atoms with van der Waals surface area (Å²) in [5.41, 5.74) is 4.25. The van der Waals surface area contributed by atoms with Gasteiger partial charge in [0.25, 0.3) is 0 Å². The molecule has 2 aromatic rings. The number of carboxylic acids is 1. The third-order valence-electron chi connectivity index (χ3n) is 4.36. The lowest BCUT2D eigenvalue weighted by molar-refractivity contribution is -0.139. The zero-order valence-electron chi connectivity index (χ0n) is 15.3. The van der Waals surface area contributed by atoms with Crippen molar-refractivity contribution < 1.29 is 19.4 Å². The fraction of sp³-hybridized carbons (Fsp3) is 0.200. The molecule has 0 spiro atoms. The van der Waals surface area contributed by atoms with Gasteiger partial charge in [-0.05, 0) is 35.8 Å². The van der Waals surface area contributed by atoms with E-state index in [0.29, 0.717) is 17.0 Å². The van der Waals surface area contributed by atoms with Crippen LogP contribution in [0.4, 0.5) is 5.69 Å². The molecule has 3 rings (SSSR count). The Hall–Kier alpha value is -3.48. The van der Waals surface area contributed by atoms with Crippen LogP contribution in [-0.4, -0.2) is 30.3 Å². The zero-order valence-corrected chi connectivity index (χ0v) is 15.3. The first-order valence-electron chi connectivity index (χ1n) is 8.36.